The van der Waals surface area contributed by atoms with E-state index in [1.807, 2.05) is 0 Å². The first kappa shape index (κ1) is 22.0. The van der Waals surface area contributed by atoms with Crippen molar-refractivity contribution in [3.63, 3.8) is 0 Å². The van der Waals surface area contributed by atoms with Crippen molar-refractivity contribution in [3.05, 3.63) is 135 Å². The fraction of sp³-hybridized carbons (Fsp3) is 0.125. The van der Waals surface area contributed by atoms with Crippen molar-refractivity contribution in [2.45, 2.75) is 26.7 Å². The maximum atomic E-state index is 2.46. The molecule has 0 fully saturated rings. The summed E-state index contributed by atoms with van der Waals surface area (Å²) < 4.78 is 6.42. The Balaban J connectivity index is 1.80. The van der Waals surface area contributed by atoms with Gasteiger partial charge in [-0.25, -0.2) is 0 Å². The summed E-state index contributed by atoms with van der Waals surface area (Å²) in [7, 11) is 0. The molecule has 0 heterocycles. The molecule has 2 aliphatic rings. The predicted molar refractivity (Wildman–Crippen MR) is 146 cm³/mol. The van der Waals surface area contributed by atoms with Crippen LogP contribution in [-0.4, -0.2) is 6.88 Å². The van der Waals surface area contributed by atoms with Crippen LogP contribution in [0.3, 0.4) is 0 Å². The standard InChI is InChI=1S/C15H13.2C6H5.C5H5.H2Si.Zr/c1-10-3-5-14-12(7-10)9-13-8-11(2)4-6-15(13)14;2*1-2-4-6-5-3-1;1-2-4-5-3-1;;/h3-7H,9H2,1-2H3;2*1-5H;1-3H,4H2;1H2;. The third-order valence-electron chi connectivity index (χ3n) is 8.29. The molecule has 0 unspecified atom stereocenters. The van der Waals surface area contributed by atoms with Gasteiger partial charge in [-0.2, -0.15) is 0 Å². The molecule has 2 heteroatoms. The van der Waals surface area contributed by atoms with E-state index in [-0.39, 0.29) is 0 Å². The van der Waals surface area contributed by atoms with Gasteiger partial charge in [0, 0.05) is 0 Å². The van der Waals surface area contributed by atoms with Crippen LogP contribution < -0.4 is 9.81 Å². The number of hydrogen-bond donors (Lipinski definition) is 0. The molecule has 0 amide bonds. The van der Waals surface area contributed by atoms with Crippen LogP contribution in [0.5, 0.6) is 0 Å². The third-order valence-corrected chi connectivity index (χ3v) is 34.6. The quantitative estimate of drug-likeness (QED) is 0.278. The molecule has 0 nitrogen and oxygen atoms in total. The second-order valence-electron chi connectivity index (χ2n) is 10.1. The molecule has 34 heavy (non-hydrogen) atoms. The Kier molecular flexibility index (Phi) is 5.17. The third kappa shape index (κ3) is 2.92. The SMILES string of the molecule is Cc1ccc2c(c1)Cc1c-2ccc(C)[c]1[Zr](=[SiH2])([C]1=CC=CC1)([c]1ccccc1)[c]1ccccc1. The van der Waals surface area contributed by atoms with E-state index in [4.69, 9.17) is 0 Å². The molecule has 0 spiro atoms. The fourth-order valence-electron chi connectivity index (χ4n) is 6.75. The summed E-state index contributed by atoms with van der Waals surface area (Å²) >= 11 is -4.24. The van der Waals surface area contributed by atoms with Crippen LogP contribution in [0, 0.1) is 13.8 Å². The average Bonchev–Trinajstić information content (AvgIpc) is 3.53. The first-order valence-corrected chi connectivity index (χ1v) is 23.1. The normalized spacial score (nSPS) is 14.6. The Morgan fingerprint density at radius 2 is 1.38 bits per heavy atom. The van der Waals surface area contributed by atoms with E-state index in [2.05, 4.69) is 130 Å². The molecule has 0 aliphatic heterocycles. The average molecular weight is 534 g/mol. The minimum absolute atomic E-state index is 1.03. The molecule has 0 N–H and O–H groups in total. The molecule has 0 aromatic heterocycles. The topological polar surface area (TPSA) is 0 Å². The Labute approximate surface area is 205 Å². The van der Waals surface area contributed by atoms with Gasteiger partial charge in [-0.05, 0) is 0 Å². The van der Waals surface area contributed by atoms with Crippen molar-refractivity contribution >= 4 is 16.7 Å². The summed E-state index contributed by atoms with van der Waals surface area (Å²) in [5, 5.41) is 0. The van der Waals surface area contributed by atoms with Gasteiger partial charge in [-0.3, -0.25) is 0 Å². The molecule has 6 rings (SSSR count). The zero-order chi connectivity index (χ0) is 23.4. The van der Waals surface area contributed by atoms with Crippen molar-refractivity contribution in [2.24, 2.45) is 0 Å². The van der Waals surface area contributed by atoms with Gasteiger partial charge in [0.15, 0.2) is 0 Å². The molecular weight excluding hydrogens is 504 g/mol. The van der Waals surface area contributed by atoms with Gasteiger partial charge in [0.05, 0.1) is 0 Å². The molecule has 0 radical (unpaired) electrons. The fourth-order valence-corrected chi connectivity index (χ4v) is 30.5. The summed E-state index contributed by atoms with van der Waals surface area (Å²) in [5.41, 5.74) is 8.72. The van der Waals surface area contributed by atoms with E-state index in [0.717, 1.165) is 12.8 Å². The number of allylic oxidation sites excluding steroid dienone is 4. The molecule has 4 aromatic carbocycles. The second kappa shape index (κ2) is 8.01. The van der Waals surface area contributed by atoms with Crippen molar-refractivity contribution in [1.82, 2.24) is 0 Å². The molecular formula is C32H30SiZr. The second-order valence-corrected chi connectivity index (χ2v) is 31.3. The van der Waals surface area contributed by atoms with Crippen molar-refractivity contribution in [2.75, 3.05) is 0 Å². The van der Waals surface area contributed by atoms with Crippen LogP contribution >= 0.6 is 0 Å². The Hall–Kier alpha value is -2.54. The van der Waals surface area contributed by atoms with Gasteiger partial charge in [-0.15, -0.1) is 0 Å². The van der Waals surface area contributed by atoms with Gasteiger partial charge in [0.25, 0.3) is 0 Å². The van der Waals surface area contributed by atoms with Gasteiger partial charge in [0.1, 0.15) is 0 Å². The van der Waals surface area contributed by atoms with Crippen LogP contribution in [-0.2, 0) is 23.8 Å². The van der Waals surface area contributed by atoms with Crippen molar-refractivity contribution in [3.8, 4) is 11.1 Å². The van der Waals surface area contributed by atoms with Crippen LogP contribution in [0.25, 0.3) is 11.1 Å². The summed E-state index contributed by atoms with van der Waals surface area (Å²) in [6.07, 6.45) is 9.20. The van der Waals surface area contributed by atoms with Crippen molar-refractivity contribution in [1.29, 1.82) is 0 Å². The first-order chi connectivity index (χ1) is 16.5. The van der Waals surface area contributed by atoms with Gasteiger partial charge in [0.2, 0.25) is 0 Å². The molecule has 0 bridgehead atoms. The minimum atomic E-state index is -4.24. The molecule has 4 aromatic rings. The summed E-state index contributed by atoms with van der Waals surface area (Å²) in [6, 6.07) is 34.8. The Morgan fingerprint density at radius 1 is 0.735 bits per heavy atom. The Bertz CT molecular complexity index is 1510. The van der Waals surface area contributed by atoms with E-state index < -0.39 is 17.4 Å². The maximum absolute atomic E-state index is 4.24. The van der Waals surface area contributed by atoms with Crippen LogP contribution in [0.2, 0.25) is 0 Å². The number of hydrogen-bond acceptors (Lipinski definition) is 0. The van der Waals surface area contributed by atoms with Crippen LogP contribution in [0.4, 0.5) is 0 Å². The zero-order valence-electron chi connectivity index (χ0n) is 20.0. The number of fused-ring (bicyclic) bond motifs is 3. The number of benzene rings is 4. The summed E-state index contributed by atoms with van der Waals surface area (Å²) in [5.74, 6) is 0. The van der Waals surface area contributed by atoms with Gasteiger partial charge in [-0.1, -0.05) is 0 Å². The van der Waals surface area contributed by atoms with E-state index in [1.165, 1.54) is 27.8 Å². The predicted octanol–water partition coefficient (Wildman–Crippen LogP) is 5.23. The van der Waals surface area contributed by atoms with Crippen molar-refractivity contribution < 1.29 is 17.4 Å². The number of rotatable bonds is 4. The summed E-state index contributed by atoms with van der Waals surface area (Å²) in [6.45, 7) is 6.96. The van der Waals surface area contributed by atoms with Crippen LogP contribution in [0.15, 0.2) is 113 Å². The van der Waals surface area contributed by atoms with Gasteiger partial charge < -0.3 is 0 Å². The van der Waals surface area contributed by atoms with E-state index >= 15 is 0 Å². The van der Waals surface area contributed by atoms with Gasteiger partial charge >= 0.3 is 207 Å². The van der Waals surface area contributed by atoms with E-state index in [0.29, 0.717) is 0 Å². The Morgan fingerprint density at radius 3 is 2.00 bits per heavy atom. The first-order valence-electron chi connectivity index (χ1n) is 12.2. The number of aryl methyl sites for hydroxylation is 2. The molecule has 0 saturated carbocycles. The molecule has 166 valence electrons. The van der Waals surface area contributed by atoms with E-state index in [1.54, 1.807) is 18.7 Å². The van der Waals surface area contributed by atoms with Crippen LogP contribution in [0.1, 0.15) is 28.7 Å². The summed E-state index contributed by atoms with van der Waals surface area (Å²) in [4.78, 5) is 0. The van der Waals surface area contributed by atoms with E-state index in [9.17, 15) is 0 Å². The zero-order valence-corrected chi connectivity index (χ0v) is 23.9. The monoisotopic (exact) mass is 532 g/mol. The molecule has 0 atom stereocenters. The molecule has 2 aliphatic carbocycles. The molecule has 0 saturated heterocycles.